The van der Waals surface area contributed by atoms with E-state index in [0.29, 0.717) is 17.5 Å². The fourth-order valence-electron chi connectivity index (χ4n) is 3.61. The Bertz CT molecular complexity index is 705. The first-order chi connectivity index (χ1) is 12.7. The zero-order valence-electron chi connectivity index (χ0n) is 15.0. The van der Waals surface area contributed by atoms with Gasteiger partial charge in [0.05, 0.1) is 19.6 Å². The topological polar surface area (TPSA) is 111 Å². The predicted octanol–water partition coefficient (Wildman–Crippen LogP) is 4.04. The normalized spacial score (nSPS) is 16.5. The van der Waals surface area contributed by atoms with Crippen LogP contribution in [0.2, 0.25) is 0 Å². The fourth-order valence-corrected chi connectivity index (χ4v) is 3.61. The number of hydrogen-bond donors (Lipinski definition) is 1. The number of nitrogens with zero attached hydrogens (tertiary/aromatic N) is 3. The first-order valence-electron chi connectivity index (χ1n) is 9.22. The zero-order chi connectivity index (χ0) is 18.4. The second-order valence-electron chi connectivity index (χ2n) is 6.92. The van der Waals surface area contributed by atoms with Crippen LogP contribution >= 0.6 is 0 Å². The summed E-state index contributed by atoms with van der Waals surface area (Å²) in [6, 6.07) is 1.56. The molecule has 8 nitrogen and oxygen atoms in total. The van der Waals surface area contributed by atoms with Gasteiger partial charge >= 0.3 is 5.97 Å². The van der Waals surface area contributed by atoms with Gasteiger partial charge in [-0.05, 0) is 17.5 Å². The van der Waals surface area contributed by atoms with Gasteiger partial charge in [0.25, 0.3) is 5.88 Å². The third-order valence-electron chi connectivity index (χ3n) is 5.02. The molecule has 1 fully saturated rings. The zero-order valence-corrected chi connectivity index (χ0v) is 15.0. The molecule has 1 unspecified atom stereocenters. The van der Waals surface area contributed by atoms with Crippen LogP contribution < -0.4 is 4.74 Å². The van der Waals surface area contributed by atoms with Crippen LogP contribution in [0.1, 0.15) is 69.6 Å². The van der Waals surface area contributed by atoms with Gasteiger partial charge in [0, 0.05) is 5.92 Å². The van der Waals surface area contributed by atoms with Gasteiger partial charge in [0.1, 0.15) is 0 Å². The van der Waals surface area contributed by atoms with E-state index >= 15 is 0 Å². The minimum Gasteiger partial charge on any atom is -0.481 e. The quantitative estimate of drug-likeness (QED) is 0.710. The van der Waals surface area contributed by atoms with Crippen molar-refractivity contribution in [2.45, 2.75) is 63.7 Å². The summed E-state index contributed by atoms with van der Waals surface area (Å²) in [6.07, 6.45) is 9.37. The Kier molecular flexibility index (Phi) is 6.25. The van der Waals surface area contributed by atoms with E-state index in [2.05, 4.69) is 15.3 Å². The molecule has 0 spiro atoms. The number of carboxylic acid groups (broad SMARTS) is 1. The number of aliphatic carboxylic acids is 1. The molecule has 0 amide bonds. The molecule has 2 heterocycles. The second kappa shape index (κ2) is 8.82. The molecule has 0 aromatic carbocycles. The van der Waals surface area contributed by atoms with Crippen molar-refractivity contribution >= 4 is 5.97 Å². The number of carboxylic acids is 1. The Morgan fingerprint density at radius 2 is 2.12 bits per heavy atom. The van der Waals surface area contributed by atoms with E-state index in [0.717, 1.165) is 25.2 Å². The van der Waals surface area contributed by atoms with E-state index in [4.69, 9.17) is 13.8 Å². The molecule has 8 heteroatoms. The number of hydrogen-bond acceptors (Lipinski definition) is 7. The van der Waals surface area contributed by atoms with Crippen molar-refractivity contribution in [3.8, 4) is 17.5 Å². The van der Waals surface area contributed by atoms with Crippen LogP contribution in [0.25, 0.3) is 11.6 Å². The summed E-state index contributed by atoms with van der Waals surface area (Å²) in [7, 11) is 1.48. The number of carbonyl (C=O) groups is 1. The molecule has 0 saturated heterocycles. The molecule has 1 aliphatic carbocycles. The lowest BCUT2D eigenvalue weighted by atomic mass is 9.84. The largest absolute Gasteiger partial charge is 0.481 e. The summed E-state index contributed by atoms with van der Waals surface area (Å²) < 4.78 is 15.4. The maximum absolute atomic E-state index is 11.2. The summed E-state index contributed by atoms with van der Waals surface area (Å²) in [5.41, 5.74) is 0. The van der Waals surface area contributed by atoms with E-state index in [1.54, 1.807) is 6.07 Å². The Morgan fingerprint density at radius 1 is 1.31 bits per heavy atom. The van der Waals surface area contributed by atoms with Crippen LogP contribution in [-0.2, 0) is 4.79 Å². The number of rotatable bonds is 9. The smallest absolute Gasteiger partial charge is 0.304 e. The molecule has 2 aromatic rings. The van der Waals surface area contributed by atoms with Crippen molar-refractivity contribution in [3.63, 3.8) is 0 Å². The summed E-state index contributed by atoms with van der Waals surface area (Å²) in [5.74, 6) is 0.846. The van der Waals surface area contributed by atoms with Gasteiger partial charge in [0.15, 0.2) is 0 Å². The molecule has 0 radical (unpaired) electrons. The first kappa shape index (κ1) is 18.4. The first-order valence-corrected chi connectivity index (χ1v) is 9.22. The lowest BCUT2D eigenvalue weighted by molar-refractivity contribution is -0.137. The summed E-state index contributed by atoms with van der Waals surface area (Å²) in [6.45, 7) is 0. The molecule has 1 atom stereocenters. The van der Waals surface area contributed by atoms with E-state index < -0.39 is 5.97 Å². The second-order valence-corrected chi connectivity index (χ2v) is 6.92. The number of aromatic nitrogens is 3. The molecule has 1 N–H and O–H groups in total. The molecular formula is C18H25N3O5. The van der Waals surface area contributed by atoms with E-state index in [-0.39, 0.29) is 18.2 Å². The van der Waals surface area contributed by atoms with Crippen LogP contribution in [-0.4, -0.2) is 33.5 Å². The third kappa shape index (κ3) is 4.83. The van der Waals surface area contributed by atoms with Gasteiger partial charge < -0.3 is 18.9 Å². The summed E-state index contributed by atoms with van der Waals surface area (Å²) in [5, 5.41) is 16.8. The molecule has 2 aromatic heterocycles. The Balaban J connectivity index is 1.62. The van der Waals surface area contributed by atoms with Gasteiger partial charge in [-0.15, -0.1) is 0 Å². The molecule has 0 aliphatic heterocycles. The van der Waals surface area contributed by atoms with E-state index in [1.165, 1.54) is 39.2 Å². The van der Waals surface area contributed by atoms with Crippen LogP contribution in [0.5, 0.6) is 5.88 Å². The Hall–Kier alpha value is -2.38. The average Bonchev–Trinajstić information content (AvgIpc) is 3.30. The van der Waals surface area contributed by atoms with Crippen molar-refractivity contribution in [3.05, 3.63) is 12.0 Å². The monoisotopic (exact) mass is 363 g/mol. The highest BCUT2D eigenvalue weighted by Crippen LogP contribution is 2.32. The Morgan fingerprint density at radius 3 is 2.81 bits per heavy atom. The SMILES string of the molecule is COc1cc(-c2noc(C(CCCC3CCCCC3)CC(=O)O)n2)on1. The molecule has 1 saturated carbocycles. The summed E-state index contributed by atoms with van der Waals surface area (Å²) >= 11 is 0. The highest BCUT2D eigenvalue weighted by Gasteiger charge is 2.24. The highest BCUT2D eigenvalue weighted by atomic mass is 16.5. The standard InChI is InChI=1S/C18H25N3O5/c1-24-15-11-14(25-20-15)17-19-18(26-21-17)13(10-16(22)23)9-5-8-12-6-3-2-4-7-12/h11-13H,2-10H2,1H3,(H,22,23). The molecule has 0 bridgehead atoms. The number of ether oxygens (including phenoxy) is 1. The fraction of sp³-hybridized carbons (Fsp3) is 0.667. The van der Waals surface area contributed by atoms with Crippen LogP contribution in [0.3, 0.4) is 0 Å². The van der Waals surface area contributed by atoms with Crippen LogP contribution in [0.4, 0.5) is 0 Å². The van der Waals surface area contributed by atoms with Crippen molar-refractivity contribution in [1.82, 2.24) is 15.3 Å². The van der Waals surface area contributed by atoms with Gasteiger partial charge in [-0.1, -0.05) is 50.1 Å². The van der Waals surface area contributed by atoms with Gasteiger partial charge in [0.2, 0.25) is 17.5 Å². The maximum Gasteiger partial charge on any atom is 0.304 e. The van der Waals surface area contributed by atoms with E-state index in [1.807, 2.05) is 0 Å². The van der Waals surface area contributed by atoms with Crippen molar-refractivity contribution in [2.75, 3.05) is 7.11 Å². The van der Waals surface area contributed by atoms with E-state index in [9.17, 15) is 9.90 Å². The average molecular weight is 363 g/mol. The van der Waals surface area contributed by atoms with Gasteiger partial charge in [-0.2, -0.15) is 4.98 Å². The lowest BCUT2D eigenvalue weighted by Gasteiger charge is -2.21. The highest BCUT2D eigenvalue weighted by molar-refractivity contribution is 5.67. The number of methoxy groups -OCH3 is 1. The molecular weight excluding hydrogens is 338 g/mol. The Labute approximate surface area is 151 Å². The molecule has 3 rings (SSSR count). The lowest BCUT2D eigenvalue weighted by Crippen LogP contribution is -2.09. The van der Waals surface area contributed by atoms with Crippen LogP contribution in [0.15, 0.2) is 15.1 Å². The van der Waals surface area contributed by atoms with Gasteiger partial charge in [-0.25, -0.2) is 0 Å². The van der Waals surface area contributed by atoms with Crippen LogP contribution in [0, 0.1) is 5.92 Å². The van der Waals surface area contributed by atoms with Crippen molar-refractivity contribution in [2.24, 2.45) is 5.92 Å². The van der Waals surface area contributed by atoms with Gasteiger partial charge in [-0.3, -0.25) is 4.79 Å². The predicted molar refractivity (Wildman–Crippen MR) is 91.8 cm³/mol. The summed E-state index contributed by atoms with van der Waals surface area (Å²) in [4.78, 5) is 15.5. The maximum atomic E-state index is 11.2. The molecule has 1 aliphatic rings. The third-order valence-corrected chi connectivity index (χ3v) is 5.02. The minimum absolute atomic E-state index is 0.0218. The van der Waals surface area contributed by atoms with Crippen molar-refractivity contribution < 1.29 is 23.7 Å². The van der Waals surface area contributed by atoms with Crippen molar-refractivity contribution in [1.29, 1.82) is 0 Å². The molecule has 142 valence electrons. The molecule has 26 heavy (non-hydrogen) atoms. The minimum atomic E-state index is -0.867.